The van der Waals surface area contributed by atoms with Crippen LogP contribution in [0.15, 0.2) is 54.7 Å². The van der Waals surface area contributed by atoms with Crippen molar-refractivity contribution in [2.45, 2.75) is 13.8 Å². The fourth-order valence-corrected chi connectivity index (χ4v) is 3.25. The first-order valence-corrected chi connectivity index (χ1v) is 10.1. The number of carbonyl (C=O) groups is 1. The number of nitrogens with one attached hydrogen (secondary N) is 2. The summed E-state index contributed by atoms with van der Waals surface area (Å²) < 4.78 is 27.2. The topological polar surface area (TPSA) is 93.1 Å². The van der Waals surface area contributed by atoms with Crippen LogP contribution in [-0.2, 0) is 10.0 Å². The lowest BCUT2D eigenvalue weighted by atomic mass is 10.1. The number of amides is 1. The van der Waals surface area contributed by atoms with Crippen molar-refractivity contribution < 1.29 is 13.2 Å². The van der Waals surface area contributed by atoms with Gasteiger partial charge in [-0.3, -0.25) is 9.52 Å². The van der Waals surface area contributed by atoms with Crippen LogP contribution < -0.4 is 10.0 Å². The minimum Gasteiger partial charge on any atom is -0.322 e. The number of carbonyl (C=O) groups excluding carboxylic acids is 1. The molecule has 0 spiro atoms. The van der Waals surface area contributed by atoms with Crippen molar-refractivity contribution >= 4 is 27.3 Å². The van der Waals surface area contributed by atoms with Crippen LogP contribution in [0.2, 0.25) is 0 Å². The molecule has 0 radical (unpaired) electrons. The maximum Gasteiger partial charge on any atom is 0.255 e. The van der Waals surface area contributed by atoms with Gasteiger partial charge in [-0.05, 0) is 55.8 Å². The van der Waals surface area contributed by atoms with Crippen LogP contribution in [-0.4, -0.2) is 30.4 Å². The second kappa shape index (κ2) is 7.24. The Morgan fingerprint density at radius 3 is 2.52 bits per heavy atom. The smallest absolute Gasteiger partial charge is 0.255 e. The summed E-state index contributed by atoms with van der Waals surface area (Å²) in [4.78, 5) is 12.6. The third-order valence-electron chi connectivity index (χ3n) is 3.98. The summed E-state index contributed by atoms with van der Waals surface area (Å²) in [5, 5.41) is 7.09. The van der Waals surface area contributed by atoms with Gasteiger partial charge in [-0.25, -0.2) is 13.1 Å². The summed E-state index contributed by atoms with van der Waals surface area (Å²) in [7, 11) is -3.43. The summed E-state index contributed by atoms with van der Waals surface area (Å²) in [6.45, 7) is 3.71. The van der Waals surface area contributed by atoms with Crippen molar-refractivity contribution in [2.75, 3.05) is 16.3 Å². The molecule has 0 bridgehead atoms. The molecule has 27 heavy (non-hydrogen) atoms. The first-order valence-electron chi connectivity index (χ1n) is 8.24. The number of aryl methyl sites for hydroxylation is 2. The number of anilines is 2. The van der Waals surface area contributed by atoms with E-state index in [0.29, 0.717) is 16.9 Å². The van der Waals surface area contributed by atoms with Gasteiger partial charge in [0.1, 0.15) is 0 Å². The van der Waals surface area contributed by atoms with Gasteiger partial charge in [-0.15, -0.1) is 0 Å². The Balaban J connectivity index is 1.84. The molecule has 1 aromatic heterocycles. The summed E-state index contributed by atoms with van der Waals surface area (Å²) in [6, 6.07) is 14.1. The van der Waals surface area contributed by atoms with E-state index in [1.54, 1.807) is 36.0 Å². The highest BCUT2D eigenvalue weighted by molar-refractivity contribution is 7.92. The number of rotatable bonds is 5. The molecule has 140 valence electrons. The number of hydrogen-bond donors (Lipinski definition) is 2. The second-order valence-corrected chi connectivity index (χ2v) is 8.04. The molecule has 7 nitrogen and oxygen atoms in total. The lowest BCUT2D eigenvalue weighted by molar-refractivity contribution is 0.102. The number of sulfonamides is 1. The van der Waals surface area contributed by atoms with Crippen molar-refractivity contribution in [2.24, 2.45) is 0 Å². The Kier molecular flexibility index (Phi) is 5.00. The van der Waals surface area contributed by atoms with Crippen molar-refractivity contribution in [3.63, 3.8) is 0 Å². The summed E-state index contributed by atoms with van der Waals surface area (Å²) in [5.74, 6) is -0.333. The Bertz CT molecular complexity index is 1100. The zero-order valence-corrected chi connectivity index (χ0v) is 16.0. The van der Waals surface area contributed by atoms with Gasteiger partial charge in [-0.1, -0.05) is 12.1 Å². The molecular weight excluding hydrogens is 364 g/mol. The molecule has 0 saturated carbocycles. The second-order valence-electron chi connectivity index (χ2n) is 6.29. The maximum atomic E-state index is 12.6. The number of nitrogens with zero attached hydrogens (tertiary/aromatic N) is 2. The van der Waals surface area contributed by atoms with E-state index in [1.165, 1.54) is 6.07 Å². The highest BCUT2D eigenvalue weighted by Crippen LogP contribution is 2.20. The summed E-state index contributed by atoms with van der Waals surface area (Å²) in [5.41, 5.74) is 3.89. The maximum absolute atomic E-state index is 12.6. The minimum absolute atomic E-state index is 0.333. The quantitative estimate of drug-likeness (QED) is 0.707. The van der Waals surface area contributed by atoms with E-state index < -0.39 is 10.0 Å². The van der Waals surface area contributed by atoms with Crippen LogP contribution in [0.5, 0.6) is 0 Å². The van der Waals surface area contributed by atoms with Gasteiger partial charge in [0, 0.05) is 23.1 Å². The SMILES string of the molecule is Cc1ccc(C(=O)Nc2cccc(-n3nccc3C)c2)cc1NS(C)(=O)=O. The highest BCUT2D eigenvalue weighted by atomic mass is 32.2. The highest BCUT2D eigenvalue weighted by Gasteiger charge is 2.12. The molecule has 2 aromatic carbocycles. The van der Waals surface area contributed by atoms with Crippen LogP contribution in [0.4, 0.5) is 11.4 Å². The van der Waals surface area contributed by atoms with Gasteiger partial charge in [0.25, 0.3) is 5.91 Å². The predicted molar refractivity (Wildman–Crippen MR) is 106 cm³/mol. The van der Waals surface area contributed by atoms with E-state index in [-0.39, 0.29) is 5.91 Å². The molecule has 0 atom stereocenters. The molecule has 2 N–H and O–H groups in total. The lowest BCUT2D eigenvalue weighted by Crippen LogP contribution is -2.15. The Morgan fingerprint density at radius 1 is 1.07 bits per heavy atom. The molecule has 3 rings (SSSR count). The van der Waals surface area contributed by atoms with E-state index in [1.807, 2.05) is 31.2 Å². The van der Waals surface area contributed by atoms with Crippen molar-refractivity contribution in [3.8, 4) is 5.69 Å². The van der Waals surface area contributed by atoms with Crippen molar-refractivity contribution in [3.05, 3.63) is 71.5 Å². The van der Waals surface area contributed by atoms with Crippen molar-refractivity contribution in [1.29, 1.82) is 0 Å². The molecule has 0 aliphatic carbocycles. The number of hydrogen-bond acceptors (Lipinski definition) is 4. The van der Waals surface area contributed by atoms with E-state index in [9.17, 15) is 13.2 Å². The fraction of sp³-hybridized carbons (Fsp3) is 0.158. The molecule has 1 heterocycles. The summed E-state index contributed by atoms with van der Waals surface area (Å²) >= 11 is 0. The van der Waals surface area contributed by atoms with Crippen LogP contribution in [0.3, 0.4) is 0 Å². The molecule has 0 aliphatic heterocycles. The van der Waals surface area contributed by atoms with E-state index in [2.05, 4.69) is 15.1 Å². The first kappa shape index (κ1) is 18.7. The minimum atomic E-state index is -3.43. The number of aromatic nitrogens is 2. The summed E-state index contributed by atoms with van der Waals surface area (Å²) in [6.07, 6.45) is 2.78. The van der Waals surface area contributed by atoms with Crippen LogP contribution >= 0.6 is 0 Å². The van der Waals surface area contributed by atoms with Gasteiger partial charge in [0.2, 0.25) is 10.0 Å². The standard InChI is InChI=1S/C19H20N4O3S/c1-13-7-8-15(11-18(13)22-27(3,25)26)19(24)21-16-5-4-6-17(12-16)23-14(2)9-10-20-23/h4-12,22H,1-3H3,(H,21,24). The Labute approximate surface area is 158 Å². The Hall–Kier alpha value is -3.13. The molecule has 0 unspecified atom stereocenters. The van der Waals surface area contributed by atoms with E-state index in [0.717, 1.165) is 23.2 Å². The molecule has 0 fully saturated rings. The molecule has 3 aromatic rings. The zero-order valence-electron chi connectivity index (χ0n) is 15.2. The van der Waals surface area contributed by atoms with Gasteiger partial charge in [-0.2, -0.15) is 5.10 Å². The first-order chi connectivity index (χ1) is 12.7. The molecule has 0 saturated heterocycles. The average molecular weight is 384 g/mol. The fourth-order valence-electron chi connectivity index (χ4n) is 2.63. The molecule has 1 amide bonds. The lowest BCUT2D eigenvalue weighted by Gasteiger charge is -2.11. The molecule has 8 heteroatoms. The van der Waals surface area contributed by atoms with Crippen LogP contribution in [0.1, 0.15) is 21.6 Å². The van der Waals surface area contributed by atoms with E-state index >= 15 is 0 Å². The predicted octanol–water partition coefficient (Wildman–Crippen LogP) is 3.11. The molecule has 0 aliphatic rings. The van der Waals surface area contributed by atoms with Gasteiger partial charge >= 0.3 is 0 Å². The third kappa shape index (κ3) is 4.53. The van der Waals surface area contributed by atoms with Gasteiger partial charge in [0.15, 0.2) is 0 Å². The Morgan fingerprint density at radius 2 is 1.85 bits per heavy atom. The van der Waals surface area contributed by atoms with Crippen LogP contribution in [0.25, 0.3) is 5.69 Å². The van der Waals surface area contributed by atoms with Crippen LogP contribution in [0, 0.1) is 13.8 Å². The zero-order chi connectivity index (χ0) is 19.6. The average Bonchev–Trinajstić information content (AvgIpc) is 3.02. The normalized spacial score (nSPS) is 11.2. The molecular formula is C19H20N4O3S. The largest absolute Gasteiger partial charge is 0.322 e. The van der Waals surface area contributed by atoms with Crippen molar-refractivity contribution in [1.82, 2.24) is 9.78 Å². The third-order valence-corrected chi connectivity index (χ3v) is 4.57. The number of benzene rings is 2. The van der Waals surface area contributed by atoms with Gasteiger partial charge < -0.3 is 5.32 Å². The van der Waals surface area contributed by atoms with Gasteiger partial charge in [0.05, 0.1) is 17.6 Å². The monoisotopic (exact) mass is 384 g/mol. The van der Waals surface area contributed by atoms with E-state index in [4.69, 9.17) is 0 Å².